The molecule has 0 aliphatic heterocycles. The minimum Gasteiger partial charge on any atom is -0.452 e. The van der Waals surface area contributed by atoms with Gasteiger partial charge in [0.2, 0.25) is 10.0 Å². The maximum atomic E-state index is 12.1. The first-order valence-electron chi connectivity index (χ1n) is 9.00. The van der Waals surface area contributed by atoms with E-state index in [4.69, 9.17) is 9.88 Å². The lowest BCUT2D eigenvalue weighted by atomic mass is 10.1. The molecule has 3 rings (SSSR count). The van der Waals surface area contributed by atoms with Crippen molar-refractivity contribution in [1.29, 1.82) is 0 Å². The van der Waals surface area contributed by atoms with Crippen LogP contribution in [0.15, 0.2) is 47.4 Å². The molecule has 0 heterocycles. The molecular formula is C20H22N2O5S. The Kier molecular flexibility index (Phi) is 6.11. The summed E-state index contributed by atoms with van der Waals surface area (Å²) in [7, 11) is -3.71. The maximum Gasteiger partial charge on any atom is 0.338 e. The summed E-state index contributed by atoms with van der Waals surface area (Å²) in [6.45, 7) is -0.00970. The van der Waals surface area contributed by atoms with Crippen LogP contribution in [-0.2, 0) is 38.8 Å². The average Bonchev–Trinajstić information content (AvgIpc) is 3.13. The molecule has 1 amide bonds. The van der Waals surface area contributed by atoms with Crippen molar-refractivity contribution in [2.45, 2.75) is 30.6 Å². The molecule has 0 atom stereocenters. The number of sulfonamides is 1. The minimum atomic E-state index is -3.71. The van der Waals surface area contributed by atoms with Crippen molar-refractivity contribution in [3.8, 4) is 0 Å². The monoisotopic (exact) mass is 402 g/mol. The van der Waals surface area contributed by atoms with Crippen molar-refractivity contribution < 1.29 is 22.7 Å². The summed E-state index contributed by atoms with van der Waals surface area (Å²) < 4.78 is 27.5. The van der Waals surface area contributed by atoms with Gasteiger partial charge in [-0.3, -0.25) is 4.79 Å². The van der Waals surface area contributed by atoms with Gasteiger partial charge >= 0.3 is 5.97 Å². The lowest BCUT2D eigenvalue weighted by Crippen LogP contribution is -2.30. The van der Waals surface area contributed by atoms with Crippen LogP contribution in [0.25, 0.3) is 0 Å². The maximum absolute atomic E-state index is 12.1. The molecule has 0 radical (unpaired) electrons. The van der Waals surface area contributed by atoms with Gasteiger partial charge in [-0.1, -0.05) is 18.2 Å². The molecule has 0 spiro atoms. The highest BCUT2D eigenvalue weighted by atomic mass is 32.2. The second-order valence-corrected chi connectivity index (χ2v) is 8.26. The van der Waals surface area contributed by atoms with Crippen LogP contribution in [-0.4, -0.2) is 33.4 Å². The topological polar surface area (TPSA) is 116 Å². The van der Waals surface area contributed by atoms with Crippen molar-refractivity contribution >= 4 is 21.9 Å². The van der Waals surface area contributed by atoms with Gasteiger partial charge < -0.3 is 10.1 Å². The molecule has 0 unspecified atom stereocenters. The standard InChI is InChI=1S/C20H22N2O5S/c21-28(25,26)18-8-4-14(5-9-18)10-11-22-19(23)13-27-20(24)17-7-6-15-2-1-3-16(15)12-17/h4-9,12H,1-3,10-11,13H2,(H,22,23)(H2,21,25,26). The number of aryl methyl sites for hydroxylation is 2. The molecule has 1 aliphatic carbocycles. The SMILES string of the molecule is NS(=O)(=O)c1ccc(CCNC(=O)COC(=O)c2ccc3c(c2)CCC3)cc1. The fourth-order valence-electron chi connectivity index (χ4n) is 3.16. The largest absolute Gasteiger partial charge is 0.452 e. The van der Waals surface area contributed by atoms with E-state index < -0.39 is 21.9 Å². The van der Waals surface area contributed by atoms with Gasteiger partial charge in [-0.2, -0.15) is 0 Å². The minimum absolute atomic E-state index is 0.0405. The highest BCUT2D eigenvalue weighted by Crippen LogP contribution is 2.23. The third-order valence-electron chi connectivity index (χ3n) is 4.66. The van der Waals surface area contributed by atoms with Crippen LogP contribution < -0.4 is 10.5 Å². The number of ether oxygens (including phenoxy) is 1. The molecule has 0 fully saturated rings. The second kappa shape index (κ2) is 8.53. The Labute approximate surface area is 163 Å². The quantitative estimate of drug-likeness (QED) is 0.678. The summed E-state index contributed by atoms with van der Waals surface area (Å²) in [4.78, 5) is 24.0. The normalized spacial score (nSPS) is 13.0. The smallest absolute Gasteiger partial charge is 0.338 e. The van der Waals surface area contributed by atoms with Gasteiger partial charge in [0.25, 0.3) is 5.91 Å². The Balaban J connectivity index is 1.41. The van der Waals surface area contributed by atoms with Crippen LogP contribution >= 0.6 is 0 Å². The molecule has 0 saturated carbocycles. The summed E-state index contributed by atoms with van der Waals surface area (Å²) in [5.74, 6) is -0.904. The molecule has 3 N–H and O–H groups in total. The molecule has 28 heavy (non-hydrogen) atoms. The van der Waals surface area contributed by atoms with E-state index in [0.717, 1.165) is 24.8 Å². The summed E-state index contributed by atoms with van der Waals surface area (Å²) in [6, 6.07) is 11.6. The molecule has 2 aromatic rings. The van der Waals surface area contributed by atoms with Gasteiger partial charge in [0.05, 0.1) is 10.5 Å². The fourth-order valence-corrected chi connectivity index (χ4v) is 3.67. The first kappa shape index (κ1) is 20.0. The molecule has 8 heteroatoms. The third-order valence-corrected chi connectivity index (χ3v) is 5.59. The first-order chi connectivity index (χ1) is 13.3. The number of fused-ring (bicyclic) bond motifs is 1. The predicted octanol–water partition coefficient (Wildman–Crippen LogP) is 1.34. The van der Waals surface area contributed by atoms with Crippen molar-refractivity contribution in [2.24, 2.45) is 5.14 Å². The number of nitrogens with one attached hydrogen (secondary N) is 1. The van der Waals surface area contributed by atoms with E-state index in [1.165, 1.54) is 23.3 Å². The van der Waals surface area contributed by atoms with Crippen LogP contribution in [0, 0.1) is 0 Å². The summed E-state index contributed by atoms with van der Waals surface area (Å²) >= 11 is 0. The molecule has 7 nitrogen and oxygen atoms in total. The van der Waals surface area contributed by atoms with Crippen LogP contribution in [0.2, 0.25) is 0 Å². The summed E-state index contributed by atoms with van der Waals surface area (Å²) in [5, 5.41) is 7.71. The number of benzene rings is 2. The number of carbonyl (C=O) groups is 2. The van der Waals surface area contributed by atoms with E-state index in [1.54, 1.807) is 18.2 Å². The highest BCUT2D eigenvalue weighted by Gasteiger charge is 2.15. The van der Waals surface area contributed by atoms with Gasteiger partial charge in [-0.15, -0.1) is 0 Å². The number of nitrogens with two attached hydrogens (primary N) is 1. The number of hydrogen-bond acceptors (Lipinski definition) is 5. The molecule has 0 bridgehead atoms. The van der Waals surface area contributed by atoms with Crippen molar-refractivity contribution in [3.63, 3.8) is 0 Å². The zero-order valence-electron chi connectivity index (χ0n) is 15.3. The zero-order valence-corrected chi connectivity index (χ0v) is 16.1. The predicted molar refractivity (Wildman–Crippen MR) is 103 cm³/mol. The van der Waals surface area contributed by atoms with Gasteiger partial charge in [-0.05, 0) is 66.6 Å². The Morgan fingerprint density at radius 2 is 1.75 bits per heavy atom. The molecular weight excluding hydrogens is 380 g/mol. The van der Waals surface area contributed by atoms with E-state index in [-0.39, 0.29) is 11.5 Å². The van der Waals surface area contributed by atoms with Crippen LogP contribution in [0.3, 0.4) is 0 Å². The number of carbonyl (C=O) groups excluding carboxylic acids is 2. The Bertz CT molecular complexity index is 984. The van der Waals surface area contributed by atoms with Crippen molar-refractivity contribution in [1.82, 2.24) is 5.32 Å². The van der Waals surface area contributed by atoms with Crippen LogP contribution in [0.1, 0.15) is 33.5 Å². The van der Waals surface area contributed by atoms with Gasteiger partial charge in [0, 0.05) is 6.54 Å². The second-order valence-electron chi connectivity index (χ2n) is 6.70. The Morgan fingerprint density at radius 1 is 1.04 bits per heavy atom. The van der Waals surface area contributed by atoms with E-state index in [0.29, 0.717) is 18.5 Å². The van der Waals surface area contributed by atoms with E-state index >= 15 is 0 Å². The van der Waals surface area contributed by atoms with E-state index in [2.05, 4.69) is 5.32 Å². The summed E-state index contributed by atoms with van der Waals surface area (Å²) in [5.41, 5.74) is 3.75. The van der Waals surface area contributed by atoms with Crippen LogP contribution in [0.4, 0.5) is 0 Å². The van der Waals surface area contributed by atoms with Crippen LogP contribution in [0.5, 0.6) is 0 Å². The van der Waals surface area contributed by atoms with Gasteiger partial charge in [0.1, 0.15) is 0 Å². The van der Waals surface area contributed by atoms with Crippen molar-refractivity contribution in [3.05, 3.63) is 64.7 Å². The Hall–Kier alpha value is -2.71. The first-order valence-corrected chi connectivity index (χ1v) is 10.5. The lowest BCUT2D eigenvalue weighted by Gasteiger charge is -2.08. The van der Waals surface area contributed by atoms with Gasteiger partial charge in [-0.25, -0.2) is 18.4 Å². The van der Waals surface area contributed by atoms with E-state index in [9.17, 15) is 18.0 Å². The number of hydrogen-bond donors (Lipinski definition) is 2. The average molecular weight is 402 g/mol. The fraction of sp³-hybridized carbons (Fsp3) is 0.300. The number of esters is 1. The molecule has 1 aliphatic rings. The van der Waals surface area contributed by atoms with Gasteiger partial charge in [0.15, 0.2) is 6.61 Å². The number of amides is 1. The van der Waals surface area contributed by atoms with E-state index in [1.807, 2.05) is 12.1 Å². The van der Waals surface area contributed by atoms with Crippen molar-refractivity contribution in [2.75, 3.05) is 13.2 Å². The number of rotatable bonds is 7. The number of primary sulfonamides is 1. The highest BCUT2D eigenvalue weighted by molar-refractivity contribution is 7.89. The zero-order chi connectivity index (χ0) is 20.1. The molecule has 2 aromatic carbocycles. The lowest BCUT2D eigenvalue weighted by molar-refractivity contribution is -0.124. The molecule has 0 aromatic heterocycles. The summed E-state index contributed by atoms with van der Waals surface area (Å²) in [6.07, 6.45) is 3.61. The molecule has 0 saturated heterocycles. The molecule has 148 valence electrons. The Morgan fingerprint density at radius 3 is 2.46 bits per heavy atom. The third kappa shape index (κ3) is 5.17.